The van der Waals surface area contributed by atoms with E-state index in [0.29, 0.717) is 77.8 Å². The van der Waals surface area contributed by atoms with Crippen LogP contribution >= 0.6 is 0 Å². The third-order valence-electron chi connectivity index (χ3n) is 15.8. The number of likely N-dealkylation sites (tertiary alicyclic amines) is 1. The average Bonchev–Trinajstić information content (AvgIpc) is 3.67. The van der Waals surface area contributed by atoms with E-state index in [1.54, 1.807) is 32.6 Å². The van der Waals surface area contributed by atoms with Gasteiger partial charge in [0.25, 0.3) is 0 Å². The molecule has 11 rings (SSSR count). The van der Waals surface area contributed by atoms with Crippen LogP contribution in [0.25, 0.3) is 55.4 Å². The second-order valence-corrected chi connectivity index (χ2v) is 21.7. The van der Waals surface area contributed by atoms with E-state index < -0.39 is 30.1 Å². The molecule has 0 spiro atoms. The molecule has 2 saturated heterocycles. The fourth-order valence-electron chi connectivity index (χ4n) is 11.2. The monoisotopic (exact) mass is 1100 g/mol. The van der Waals surface area contributed by atoms with Crippen molar-refractivity contribution in [3.05, 3.63) is 113 Å². The summed E-state index contributed by atoms with van der Waals surface area (Å²) in [5, 5.41) is 46.5. The van der Waals surface area contributed by atoms with Gasteiger partial charge in [-0.3, -0.25) is 19.4 Å². The Hall–Kier alpha value is -7.85. The van der Waals surface area contributed by atoms with Gasteiger partial charge in [-0.1, -0.05) is 67.6 Å². The van der Waals surface area contributed by atoms with Crippen LogP contribution in [0.2, 0.25) is 0 Å². The lowest BCUT2D eigenvalue weighted by Gasteiger charge is -2.30. The molecule has 81 heavy (non-hydrogen) atoms. The molecule has 5 atom stereocenters. The minimum Gasteiger partial charge on any atom is -0.486 e. The van der Waals surface area contributed by atoms with Crippen LogP contribution in [0.4, 0.5) is 10.2 Å². The van der Waals surface area contributed by atoms with Gasteiger partial charge in [-0.2, -0.15) is 20.2 Å². The third kappa shape index (κ3) is 11.3. The van der Waals surface area contributed by atoms with Gasteiger partial charge >= 0.3 is 6.01 Å². The maximum Gasteiger partial charge on any atom is 0.319 e. The van der Waals surface area contributed by atoms with Gasteiger partial charge in [0.1, 0.15) is 48.1 Å². The average molecular weight is 1110 g/mol. The summed E-state index contributed by atoms with van der Waals surface area (Å²) in [7, 11) is 1.62. The number of carbonyl (C=O) groups is 2. The number of aromatic nitrogens is 9. The molecular formula is C60H69FN12O8. The number of fused-ring (bicyclic) bond motifs is 2. The summed E-state index contributed by atoms with van der Waals surface area (Å²) in [6.45, 7) is 12.6. The van der Waals surface area contributed by atoms with E-state index in [1.807, 2.05) is 87.0 Å². The Morgan fingerprint density at radius 2 is 1.75 bits per heavy atom. The minimum absolute atomic E-state index is 0.0359. The van der Waals surface area contributed by atoms with E-state index in [2.05, 4.69) is 41.9 Å². The second-order valence-electron chi connectivity index (χ2n) is 21.7. The standard InChI is InChI=1S/C60H69FN12O8/c1-7-72-50(19-20-63-72)41-17-15-40(16-18-41)49(31-74)64-58(76)51-25-42(75)29-71(51)59(77)55(34(2)3)73-30-48(68-69-73)39-11-9-37(10-12-39)33-80-56-53(52-36(5)46(61)27-47-45(52)28-62-67-47)43(38-13-14-38)26-44-54(56)65-60(81-32-35(4)78-6)66-57(44)70-21-8-23-79-24-22-70/h9-12,15-20,26-28,30,34-35,38,42,49,51,55,74-75H,7-8,13-14,21-25,29,31-33H2,1-6H3,(H,62,67)(H,64,76)/t35-,42+,49-,51-,55-/m0/s1. The summed E-state index contributed by atoms with van der Waals surface area (Å²) in [4.78, 5) is 42.4. The highest BCUT2D eigenvalue weighted by Crippen LogP contribution is 2.53. The fourth-order valence-corrected chi connectivity index (χ4v) is 11.2. The molecule has 20 nitrogen and oxygen atoms in total. The fraction of sp³-hybridized carbons (Fsp3) is 0.433. The molecule has 6 heterocycles. The Balaban J connectivity index is 0.867. The molecule has 4 aromatic carbocycles. The molecule has 0 bridgehead atoms. The van der Waals surface area contributed by atoms with Crippen molar-refractivity contribution >= 4 is 39.4 Å². The van der Waals surface area contributed by atoms with Crippen molar-refractivity contribution in [3.8, 4) is 45.4 Å². The lowest BCUT2D eigenvalue weighted by molar-refractivity contribution is -0.142. The predicted molar refractivity (Wildman–Crippen MR) is 302 cm³/mol. The molecule has 2 aliphatic heterocycles. The maximum atomic E-state index is 16.1. The Kier molecular flexibility index (Phi) is 16.1. The van der Waals surface area contributed by atoms with Gasteiger partial charge in [-0.15, -0.1) is 5.10 Å². The first-order valence-electron chi connectivity index (χ1n) is 28.0. The van der Waals surface area contributed by atoms with Crippen LogP contribution in [0, 0.1) is 18.7 Å². The number of hydrogen-bond acceptors (Lipinski definition) is 15. The number of aliphatic hydroxyl groups excluding tert-OH is 2. The van der Waals surface area contributed by atoms with Crippen LogP contribution in [-0.2, 0) is 32.2 Å². The number of H-pyrrole nitrogens is 1. The van der Waals surface area contributed by atoms with Crippen molar-refractivity contribution in [3.63, 3.8) is 0 Å². The van der Waals surface area contributed by atoms with E-state index in [4.69, 9.17) is 28.9 Å². The third-order valence-corrected chi connectivity index (χ3v) is 15.8. The zero-order valence-corrected chi connectivity index (χ0v) is 46.5. The van der Waals surface area contributed by atoms with Crippen LogP contribution in [0.15, 0.2) is 85.3 Å². The summed E-state index contributed by atoms with van der Waals surface area (Å²) < 4.78 is 44.3. The number of β-amino-alcohol motifs (C(OH)–C–C–N with tert-alkyl or cyclic N) is 1. The zero-order valence-electron chi connectivity index (χ0n) is 46.5. The molecule has 3 aliphatic rings. The number of aromatic amines is 1. The maximum absolute atomic E-state index is 16.1. The summed E-state index contributed by atoms with van der Waals surface area (Å²) in [6.07, 6.45) is 6.79. The van der Waals surface area contributed by atoms with Gasteiger partial charge in [-0.05, 0) is 97.9 Å². The molecule has 4 N–H and O–H groups in total. The molecule has 424 valence electrons. The normalized spacial score (nSPS) is 17.9. The Bertz CT molecular complexity index is 3540. The van der Waals surface area contributed by atoms with E-state index in [-0.39, 0.29) is 68.5 Å². The SMILES string of the molecule is CCn1nccc1-c1ccc([C@H](CO)NC(=O)[C@@H]2C[C@@H](O)CN2C(=O)[C@H](C(C)C)n2cc(-c3ccc(COc4c(-c5c(C)c(F)cc6[nH]ncc56)c(C5CC5)cc5c(N6CCCOCC6)nc(OC[C@H](C)OC)nc45)cc3)nn2)cc1. The molecule has 1 aliphatic carbocycles. The predicted octanol–water partition coefficient (Wildman–Crippen LogP) is 7.87. The minimum atomic E-state index is -0.988. The number of halogens is 1. The van der Waals surface area contributed by atoms with Crippen LogP contribution in [0.1, 0.15) is 93.6 Å². The summed E-state index contributed by atoms with van der Waals surface area (Å²) >= 11 is 0. The number of carbonyl (C=O) groups excluding carboxylic acids is 2. The van der Waals surface area contributed by atoms with Crippen molar-refractivity contribution in [2.45, 2.75) is 110 Å². The van der Waals surface area contributed by atoms with Crippen molar-refractivity contribution in [1.82, 2.24) is 55.2 Å². The topological polar surface area (TPSA) is 233 Å². The highest BCUT2D eigenvalue weighted by atomic mass is 19.1. The second kappa shape index (κ2) is 23.7. The number of amides is 2. The number of benzene rings is 4. The van der Waals surface area contributed by atoms with Gasteiger partial charge in [0.05, 0.1) is 55.1 Å². The number of aliphatic hydroxyl groups is 2. The number of rotatable bonds is 20. The number of aryl methyl sites for hydroxylation is 1. The highest BCUT2D eigenvalue weighted by molar-refractivity contribution is 6.06. The first-order valence-corrected chi connectivity index (χ1v) is 28.0. The van der Waals surface area contributed by atoms with Crippen LogP contribution in [0.5, 0.6) is 11.8 Å². The Morgan fingerprint density at radius 1 is 0.963 bits per heavy atom. The Morgan fingerprint density at radius 3 is 2.49 bits per heavy atom. The van der Waals surface area contributed by atoms with Crippen molar-refractivity contribution < 1.29 is 43.1 Å². The number of nitrogens with zero attached hydrogens (tertiary/aromatic N) is 10. The number of nitrogens with one attached hydrogen (secondary N) is 2. The molecule has 21 heteroatoms. The lowest BCUT2D eigenvalue weighted by Crippen LogP contribution is -2.50. The molecule has 0 radical (unpaired) electrons. The molecule has 3 fully saturated rings. The number of anilines is 1. The van der Waals surface area contributed by atoms with Gasteiger partial charge in [0.2, 0.25) is 11.8 Å². The van der Waals surface area contributed by atoms with Gasteiger partial charge in [0.15, 0.2) is 5.75 Å². The molecule has 1 saturated carbocycles. The lowest BCUT2D eigenvalue weighted by atomic mass is 9.88. The van der Waals surface area contributed by atoms with Gasteiger partial charge in [-0.25, -0.2) is 9.07 Å². The van der Waals surface area contributed by atoms with E-state index in [9.17, 15) is 19.8 Å². The molecule has 8 aromatic rings. The van der Waals surface area contributed by atoms with Crippen LogP contribution < -0.4 is 19.7 Å². The van der Waals surface area contributed by atoms with E-state index in [1.165, 1.54) is 15.6 Å². The first-order chi connectivity index (χ1) is 39.3. The zero-order chi connectivity index (χ0) is 56.5. The number of hydrogen-bond donors (Lipinski definition) is 4. The van der Waals surface area contributed by atoms with Crippen LogP contribution in [-0.4, -0.2) is 143 Å². The van der Waals surface area contributed by atoms with Gasteiger partial charge in [0, 0.05) is 80.0 Å². The van der Waals surface area contributed by atoms with Crippen molar-refractivity contribution in [1.29, 1.82) is 0 Å². The molecule has 0 unspecified atom stereocenters. The summed E-state index contributed by atoms with van der Waals surface area (Å²) in [5.74, 6) is -0.147. The summed E-state index contributed by atoms with van der Waals surface area (Å²) in [5.41, 5.74) is 8.66. The number of ether oxygens (including phenoxy) is 4. The van der Waals surface area contributed by atoms with E-state index in [0.717, 1.165) is 63.5 Å². The highest BCUT2D eigenvalue weighted by Gasteiger charge is 2.43. The Labute approximate surface area is 468 Å². The smallest absolute Gasteiger partial charge is 0.319 e. The number of methoxy groups -OCH3 is 1. The van der Waals surface area contributed by atoms with E-state index >= 15 is 4.39 Å². The largest absolute Gasteiger partial charge is 0.486 e. The van der Waals surface area contributed by atoms with Crippen molar-refractivity contribution in [2.75, 3.05) is 58.1 Å². The van der Waals surface area contributed by atoms with Gasteiger partial charge < -0.3 is 44.3 Å². The van der Waals surface area contributed by atoms with Crippen LogP contribution in [0.3, 0.4) is 0 Å². The molecule has 4 aromatic heterocycles. The molecule has 2 amide bonds. The van der Waals surface area contributed by atoms with Crippen molar-refractivity contribution in [2.24, 2.45) is 5.92 Å². The first kappa shape index (κ1) is 55.1. The quantitative estimate of drug-likeness (QED) is 0.0569. The summed E-state index contributed by atoms with van der Waals surface area (Å²) in [6, 6.07) is 18.4. The molecular weight excluding hydrogens is 1040 g/mol.